The summed E-state index contributed by atoms with van der Waals surface area (Å²) in [4.78, 5) is 45.1. The third-order valence-corrected chi connectivity index (χ3v) is 11.0. The fourth-order valence-corrected chi connectivity index (χ4v) is 8.74. The molecule has 3 aliphatic rings. The zero-order valence-electron chi connectivity index (χ0n) is 33.1. The molecule has 6 atom stereocenters. The van der Waals surface area contributed by atoms with Gasteiger partial charge in [0.1, 0.15) is 24.7 Å². The van der Waals surface area contributed by atoms with Gasteiger partial charge in [0, 0.05) is 62.4 Å². The molecule has 2 aromatic rings. The van der Waals surface area contributed by atoms with Crippen molar-refractivity contribution in [3.8, 4) is 11.5 Å². The quantitative estimate of drug-likeness (QED) is 0.0419. The molecule has 6 unspecified atom stereocenters. The van der Waals surface area contributed by atoms with E-state index in [2.05, 4.69) is 23.1 Å². The van der Waals surface area contributed by atoms with Crippen LogP contribution in [0, 0.1) is 27.9 Å². The highest BCUT2D eigenvalue weighted by atomic mass is 16.7. The molecule has 14 nitrogen and oxygen atoms in total. The second-order valence-corrected chi connectivity index (χ2v) is 14.6. The summed E-state index contributed by atoms with van der Waals surface area (Å²) in [5.74, 6) is -1.62. The molecule has 1 heterocycles. The van der Waals surface area contributed by atoms with Crippen LogP contribution in [-0.2, 0) is 14.4 Å². The maximum atomic E-state index is 14.5. The van der Waals surface area contributed by atoms with Gasteiger partial charge in [-0.2, -0.15) is 0 Å². The van der Waals surface area contributed by atoms with Crippen molar-refractivity contribution < 1.29 is 43.8 Å². The highest BCUT2D eigenvalue weighted by molar-refractivity contribution is 6.03. The number of nitro benzene ring substituents is 1. The number of hydrogen-bond donors (Lipinski definition) is 3. The van der Waals surface area contributed by atoms with E-state index in [1.165, 1.54) is 25.3 Å². The summed E-state index contributed by atoms with van der Waals surface area (Å²) in [7, 11) is 1.49. The number of unbranched alkanes of at least 4 members (excludes halogenated alkanes) is 2. The monoisotopic (exact) mass is 788 g/mol. The van der Waals surface area contributed by atoms with E-state index in [9.17, 15) is 29.9 Å². The third-order valence-electron chi connectivity index (χ3n) is 11.0. The second-order valence-electron chi connectivity index (χ2n) is 14.6. The van der Waals surface area contributed by atoms with Gasteiger partial charge in [0.05, 0.1) is 23.2 Å². The van der Waals surface area contributed by atoms with Crippen molar-refractivity contribution in [1.29, 1.82) is 0 Å². The number of amides is 2. The van der Waals surface area contributed by atoms with E-state index in [4.69, 9.17) is 19.0 Å². The van der Waals surface area contributed by atoms with Crippen LogP contribution < -0.4 is 14.8 Å². The fraction of sp³-hybridized carbons (Fsp3) is 0.512. The number of rotatable bonds is 20. The van der Waals surface area contributed by atoms with Gasteiger partial charge in [-0.1, -0.05) is 37.1 Å². The Morgan fingerprint density at radius 1 is 1.11 bits per heavy atom. The Bertz CT molecular complexity index is 1810. The van der Waals surface area contributed by atoms with Gasteiger partial charge in [-0.3, -0.25) is 14.9 Å². The summed E-state index contributed by atoms with van der Waals surface area (Å²) in [6, 6.07) is 10.6. The number of ether oxygens (including phenoxy) is 3. The van der Waals surface area contributed by atoms with E-state index in [-0.39, 0.29) is 55.6 Å². The number of non-ortho nitro benzene ring substituents is 1. The van der Waals surface area contributed by atoms with E-state index in [0.717, 1.165) is 36.8 Å². The number of carbonyl (C=O) groups excluding carboxylic acids is 2. The largest absolute Gasteiger partial charge is 0.459 e. The number of aliphatic hydroxyl groups is 2. The predicted octanol–water partition coefficient (Wildman–Crippen LogP) is 6.92. The van der Waals surface area contributed by atoms with E-state index in [0.29, 0.717) is 55.1 Å². The standard InChI is InChI=1S/C43H56N4O10/c1-5-22-46(39(50)21-16-29-14-17-31(18-15-29)47(52)53)38-28-36(45-54-4)34-26-30(12-8-10-23-48)33(13-9-11-24-49)40-35-27-32(56-42(51)44-7-3)19-20-37(35)57-43(38,41(34)40)55-25-6-2/h6,14-21,26-27,30,33,38,40-41,48-49H,2,5,7-13,22-25,28H2,1,3-4H3,(H,44,51). The smallest absolute Gasteiger partial charge is 0.412 e. The third kappa shape index (κ3) is 9.74. The molecule has 0 saturated heterocycles. The van der Waals surface area contributed by atoms with Gasteiger partial charge in [-0.15, -0.1) is 6.58 Å². The number of allylic oxidation sites excluding steroid dienone is 1. The summed E-state index contributed by atoms with van der Waals surface area (Å²) < 4.78 is 19.8. The first-order valence-electron chi connectivity index (χ1n) is 20.0. The van der Waals surface area contributed by atoms with Gasteiger partial charge < -0.3 is 39.5 Å². The van der Waals surface area contributed by atoms with Crippen LogP contribution in [0.2, 0.25) is 0 Å². The van der Waals surface area contributed by atoms with Crippen LogP contribution >= 0.6 is 0 Å². The zero-order valence-corrected chi connectivity index (χ0v) is 33.1. The van der Waals surface area contributed by atoms with Crippen molar-refractivity contribution in [2.75, 3.05) is 40.0 Å². The van der Waals surface area contributed by atoms with Gasteiger partial charge in [0.15, 0.2) is 0 Å². The SMILES string of the molecule is C=CCOC12Oc3ccc(OC(=O)NCC)cc3C3C(CCCCO)C(CCCCO)C=C(C(=NOC)CC1N(CCC)C(=O)C=Cc1ccc([N+](=O)[O-])cc1)C32. The van der Waals surface area contributed by atoms with Crippen LogP contribution in [0.1, 0.15) is 82.3 Å². The Balaban J connectivity index is 1.72. The van der Waals surface area contributed by atoms with Crippen molar-refractivity contribution in [3.63, 3.8) is 0 Å². The molecule has 0 radical (unpaired) electrons. The van der Waals surface area contributed by atoms with Gasteiger partial charge in [-0.05, 0) is 98.4 Å². The molecule has 14 heteroatoms. The first-order valence-corrected chi connectivity index (χ1v) is 20.0. The average Bonchev–Trinajstić information content (AvgIpc) is 3.20. The lowest BCUT2D eigenvalue weighted by Crippen LogP contribution is -2.70. The van der Waals surface area contributed by atoms with E-state index in [1.54, 1.807) is 41.3 Å². The molecule has 0 spiro atoms. The van der Waals surface area contributed by atoms with Crippen LogP contribution in [0.25, 0.3) is 6.08 Å². The average molecular weight is 789 g/mol. The molecular weight excluding hydrogens is 732 g/mol. The summed E-state index contributed by atoms with van der Waals surface area (Å²) in [6.45, 7) is 8.76. The molecular formula is C43H56N4O10. The van der Waals surface area contributed by atoms with Crippen LogP contribution in [0.15, 0.2) is 78.0 Å². The Labute approximate surface area is 334 Å². The number of oxime groups is 1. The van der Waals surface area contributed by atoms with Crippen molar-refractivity contribution in [2.24, 2.45) is 22.9 Å². The molecule has 2 aromatic carbocycles. The van der Waals surface area contributed by atoms with Crippen molar-refractivity contribution in [2.45, 2.75) is 83.0 Å². The second kappa shape index (κ2) is 20.4. The van der Waals surface area contributed by atoms with E-state index >= 15 is 0 Å². The lowest BCUT2D eigenvalue weighted by molar-refractivity contribution is -0.384. The molecule has 2 aliphatic carbocycles. The van der Waals surface area contributed by atoms with Crippen molar-refractivity contribution in [3.05, 3.63) is 94.1 Å². The number of fused-ring (bicyclic) bond motifs is 2. The predicted molar refractivity (Wildman–Crippen MR) is 216 cm³/mol. The topological polar surface area (TPSA) is 182 Å². The lowest BCUT2D eigenvalue weighted by atomic mass is 9.55. The van der Waals surface area contributed by atoms with E-state index in [1.807, 2.05) is 19.9 Å². The number of nitrogens with zero attached hydrogens (tertiary/aromatic N) is 3. The molecule has 308 valence electrons. The summed E-state index contributed by atoms with van der Waals surface area (Å²) in [5, 5.41) is 38.1. The molecule has 1 aliphatic heterocycles. The number of hydrogen-bond acceptors (Lipinski definition) is 11. The zero-order chi connectivity index (χ0) is 41.0. The minimum Gasteiger partial charge on any atom is -0.459 e. The minimum absolute atomic E-state index is 0.00188. The Morgan fingerprint density at radius 3 is 2.49 bits per heavy atom. The normalized spacial score (nSPS) is 24.1. The van der Waals surface area contributed by atoms with Crippen molar-refractivity contribution >= 4 is 29.5 Å². The fourth-order valence-electron chi connectivity index (χ4n) is 8.74. The van der Waals surface area contributed by atoms with Gasteiger partial charge in [0.2, 0.25) is 11.7 Å². The highest BCUT2D eigenvalue weighted by Gasteiger charge is 2.65. The maximum absolute atomic E-state index is 14.5. The molecule has 3 N–H and O–H groups in total. The Kier molecular flexibility index (Phi) is 15.4. The number of carbonyl (C=O) groups is 2. The van der Waals surface area contributed by atoms with Gasteiger partial charge >= 0.3 is 6.09 Å². The molecule has 1 fully saturated rings. The lowest BCUT2D eigenvalue weighted by Gasteiger charge is -2.60. The van der Waals surface area contributed by atoms with Crippen molar-refractivity contribution in [1.82, 2.24) is 10.2 Å². The minimum atomic E-state index is -1.44. The number of benzene rings is 2. The summed E-state index contributed by atoms with van der Waals surface area (Å²) >= 11 is 0. The molecule has 1 saturated carbocycles. The molecule has 5 rings (SSSR count). The number of nitrogens with one attached hydrogen (secondary N) is 1. The molecule has 0 aromatic heterocycles. The van der Waals surface area contributed by atoms with E-state index < -0.39 is 28.8 Å². The van der Waals surface area contributed by atoms with Crippen LogP contribution in [0.5, 0.6) is 11.5 Å². The first-order chi connectivity index (χ1) is 27.7. The Morgan fingerprint density at radius 2 is 1.84 bits per heavy atom. The van der Waals surface area contributed by atoms with Crippen LogP contribution in [-0.4, -0.2) is 89.6 Å². The summed E-state index contributed by atoms with van der Waals surface area (Å²) in [5.41, 5.74) is 2.95. The van der Waals surface area contributed by atoms with Gasteiger partial charge in [0.25, 0.3) is 5.69 Å². The molecule has 2 amide bonds. The first kappa shape index (κ1) is 43.1. The highest BCUT2D eigenvalue weighted by Crippen LogP contribution is 2.62. The van der Waals surface area contributed by atoms with Crippen LogP contribution in [0.4, 0.5) is 10.5 Å². The Hall–Kier alpha value is -5.05. The molecule has 0 bridgehead atoms. The van der Waals surface area contributed by atoms with Crippen LogP contribution in [0.3, 0.4) is 0 Å². The molecule has 57 heavy (non-hydrogen) atoms. The maximum Gasteiger partial charge on any atom is 0.412 e. The summed E-state index contributed by atoms with van der Waals surface area (Å²) in [6.07, 6.45) is 11.7. The number of nitro groups is 1. The number of aliphatic hydroxyl groups excluding tert-OH is 2. The van der Waals surface area contributed by atoms with Gasteiger partial charge in [-0.25, -0.2) is 4.79 Å².